The van der Waals surface area contributed by atoms with Crippen LogP contribution in [-0.4, -0.2) is 61.1 Å². The number of amides is 2. The van der Waals surface area contributed by atoms with Crippen LogP contribution in [0.25, 0.3) is 0 Å². The summed E-state index contributed by atoms with van der Waals surface area (Å²) in [5.41, 5.74) is 2.81. The van der Waals surface area contributed by atoms with E-state index in [2.05, 4.69) is 15.2 Å². The predicted molar refractivity (Wildman–Crippen MR) is 116 cm³/mol. The Morgan fingerprint density at radius 2 is 1.83 bits per heavy atom. The highest BCUT2D eigenvalue weighted by molar-refractivity contribution is 5.96. The molecule has 1 aromatic carbocycles. The average Bonchev–Trinajstić information content (AvgIpc) is 2.81. The van der Waals surface area contributed by atoms with E-state index in [9.17, 15) is 9.59 Å². The van der Waals surface area contributed by atoms with Gasteiger partial charge in [-0.1, -0.05) is 6.07 Å². The number of nitrogens with zero attached hydrogens (tertiary/aromatic N) is 3. The van der Waals surface area contributed by atoms with Gasteiger partial charge in [0.05, 0.1) is 19.1 Å². The van der Waals surface area contributed by atoms with E-state index in [4.69, 9.17) is 4.74 Å². The van der Waals surface area contributed by atoms with Crippen molar-refractivity contribution in [2.75, 3.05) is 49.6 Å². The summed E-state index contributed by atoms with van der Waals surface area (Å²) in [6.07, 6.45) is 3.32. The third-order valence-corrected chi connectivity index (χ3v) is 5.73. The first kappa shape index (κ1) is 20.3. The van der Waals surface area contributed by atoms with Gasteiger partial charge >= 0.3 is 0 Å². The molecule has 0 saturated carbocycles. The van der Waals surface area contributed by atoms with Crippen LogP contribution in [0.5, 0.6) is 0 Å². The molecule has 7 heteroatoms. The number of hydrogen-bond acceptors (Lipinski definition) is 5. The Balaban J connectivity index is 1.36. The molecule has 158 valence electrons. The molecule has 3 heterocycles. The van der Waals surface area contributed by atoms with Gasteiger partial charge in [-0.3, -0.25) is 9.59 Å². The van der Waals surface area contributed by atoms with Crippen molar-refractivity contribution in [3.8, 4) is 0 Å². The summed E-state index contributed by atoms with van der Waals surface area (Å²) in [5.74, 6) is 0.229. The third-order valence-electron chi connectivity index (χ3n) is 5.73. The minimum absolute atomic E-state index is 0.0190. The standard InChI is InChI=1S/C23H28N4O3/c1-17-4-9-21(24-15-17)25-22(28)19-3-2-10-27(16-19)23(29)18-5-7-20(8-6-18)26-11-13-30-14-12-26/h4-9,15,19H,2-3,10-14,16H2,1H3,(H,24,25,28). The van der Waals surface area contributed by atoms with Crippen molar-refractivity contribution in [3.05, 3.63) is 53.7 Å². The van der Waals surface area contributed by atoms with E-state index in [0.29, 0.717) is 24.5 Å². The number of piperidine rings is 1. The lowest BCUT2D eigenvalue weighted by molar-refractivity contribution is -0.121. The molecule has 1 aromatic heterocycles. The van der Waals surface area contributed by atoms with E-state index in [0.717, 1.165) is 50.4 Å². The molecule has 30 heavy (non-hydrogen) atoms. The fourth-order valence-electron chi connectivity index (χ4n) is 3.96. The van der Waals surface area contributed by atoms with E-state index in [-0.39, 0.29) is 17.7 Å². The molecule has 0 spiro atoms. The Labute approximate surface area is 177 Å². The van der Waals surface area contributed by atoms with Gasteiger partial charge < -0.3 is 19.9 Å². The van der Waals surface area contributed by atoms with Gasteiger partial charge in [0.2, 0.25) is 5.91 Å². The van der Waals surface area contributed by atoms with Crippen LogP contribution in [0.2, 0.25) is 0 Å². The fraction of sp³-hybridized carbons (Fsp3) is 0.435. The number of hydrogen-bond donors (Lipinski definition) is 1. The van der Waals surface area contributed by atoms with Gasteiger partial charge in [0, 0.05) is 43.6 Å². The zero-order chi connectivity index (χ0) is 20.9. The van der Waals surface area contributed by atoms with Crippen molar-refractivity contribution in [2.24, 2.45) is 5.92 Å². The number of carbonyl (C=O) groups is 2. The SMILES string of the molecule is Cc1ccc(NC(=O)C2CCCN(C(=O)c3ccc(N4CCOCC4)cc3)C2)nc1. The first-order chi connectivity index (χ1) is 14.6. The molecule has 2 aliphatic heterocycles. The number of rotatable bonds is 4. The Morgan fingerprint density at radius 1 is 1.07 bits per heavy atom. The molecule has 2 amide bonds. The molecule has 0 radical (unpaired) electrons. The van der Waals surface area contributed by atoms with Gasteiger partial charge in [0.25, 0.3) is 5.91 Å². The van der Waals surface area contributed by atoms with Crippen molar-refractivity contribution in [3.63, 3.8) is 0 Å². The quantitative estimate of drug-likeness (QED) is 0.842. The van der Waals surface area contributed by atoms with E-state index >= 15 is 0 Å². The van der Waals surface area contributed by atoms with Crippen LogP contribution in [0.1, 0.15) is 28.8 Å². The normalized spacial score (nSPS) is 19.4. The van der Waals surface area contributed by atoms with E-state index in [1.165, 1.54) is 0 Å². The molecular formula is C23H28N4O3. The summed E-state index contributed by atoms with van der Waals surface area (Å²) in [6, 6.07) is 11.5. The topological polar surface area (TPSA) is 74.8 Å². The number of carbonyl (C=O) groups excluding carboxylic acids is 2. The number of aryl methyl sites for hydroxylation is 1. The zero-order valence-corrected chi connectivity index (χ0v) is 17.3. The van der Waals surface area contributed by atoms with E-state index in [1.54, 1.807) is 17.2 Å². The predicted octanol–water partition coefficient (Wildman–Crippen LogP) is 2.72. The van der Waals surface area contributed by atoms with Crippen LogP contribution >= 0.6 is 0 Å². The van der Waals surface area contributed by atoms with Crippen molar-refractivity contribution in [1.29, 1.82) is 0 Å². The van der Waals surface area contributed by atoms with Crippen molar-refractivity contribution in [2.45, 2.75) is 19.8 Å². The Morgan fingerprint density at radius 3 is 2.53 bits per heavy atom. The number of anilines is 2. The molecule has 4 rings (SSSR count). The minimum atomic E-state index is -0.224. The molecular weight excluding hydrogens is 380 g/mol. The Kier molecular flexibility index (Phi) is 6.28. The molecule has 7 nitrogen and oxygen atoms in total. The summed E-state index contributed by atoms with van der Waals surface area (Å²) in [4.78, 5) is 34.0. The lowest BCUT2D eigenvalue weighted by Crippen LogP contribution is -2.43. The van der Waals surface area contributed by atoms with Crippen molar-refractivity contribution < 1.29 is 14.3 Å². The second-order valence-corrected chi connectivity index (χ2v) is 7.95. The van der Waals surface area contributed by atoms with Gasteiger partial charge in [-0.2, -0.15) is 0 Å². The summed E-state index contributed by atoms with van der Waals surface area (Å²) >= 11 is 0. The van der Waals surface area contributed by atoms with Crippen molar-refractivity contribution >= 4 is 23.3 Å². The molecule has 0 bridgehead atoms. The third kappa shape index (κ3) is 4.79. The second kappa shape index (κ2) is 9.26. The smallest absolute Gasteiger partial charge is 0.253 e. The Bertz CT molecular complexity index is 876. The number of aromatic nitrogens is 1. The van der Waals surface area contributed by atoms with E-state index < -0.39 is 0 Å². The zero-order valence-electron chi connectivity index (χ0n) is 17.3. The number of benzene rings is 1. The monoisotopic (exact) mass is 408 g/mol. The average molecular weight is 409 g/mol. The van der Waals surface area contributed by atoms with Gasteiger partial charge in [-0.15, -0.1) is 0 Å². The number of likely N-dealkylation sites (tertiary alicyclic amines) is 1. The molecule has 2 aliphatic rings. The molecule has 1 N–H and O–H groups in total. The van der Waals surface area contributed by atoms with Gasteiger partial charge in [-0.25, -0.2) is 4.98 Å². The first-order valence-corrected chi connectivity index (χ1v) is 10.6. The van der Waals surface area contributed by atoms with Crippen LogP contribution in [0, 0.1) is 12.8 Å². The fourth-order valence-corrected chi connectivity index (χ4v) is 3.96. The molecule has 1 unspecified atom stereocenters. The summed E-state index contributed by atoms with van der Waals surface area (Å²) < 4.78 is 5.40. The summed E-state index contributed by atoms with van der Waals surface area (Å²) in [6.45, 7) is 6.26. The van der Waals surface area contributed by atoms with E-state index in [1.807, 2.05) is 37.3 Å². The highest BCUT2D eigenvalue weighted by Gasteiger charge is 2.29. The molecule has 2 fully saturated rings. The largest absolute Gasteiger partial charge is 0.378 e. The number of pyridine rings is 1. The van der Waals surface area contributed by atoms with Crippen LogP contribution in [0.3, 0.4) is 0 Å². The number of ether oxygens (including phenoxy) is 1. The lowest BCUT2D eigenvalue weighted by Gasteiger charge is -2.32. The minimum Gasteiger partial charge on any atom is -0.378 e. The van der Waals surface area contributed by atoms with Gasteiger partial charge in [0.1, 0.15) is 5.82 Å². The van der Waals surface area contributed by atoms with Crippen LogP contribution in [0.15, 0.2) is 42.6 Å². The lowest BCUT2D eigenvalue weighted by atomic mass is 9.96. The van der Waals surface area contributed by atoms with Crippen LogP contribution in [-0.2, 0) is 9.53 Å². The molecule has 2 saturated heterocycles. The van der Waals surface area contributed by atoms with Crippen molar-refractivity contribution in [1.82, 2.24) is 9.88 Å². The van der Waals surface area contributed by atoms with Gasteiger partial charge in [0.15, 0.2) is 0 Å². The molecule has 0 aliphatic carbocycles. The number of morpholine rings is 1. The molecule has 1 atom stereocenters. The molecule has 2 aromatic rings. The Hall–Kier alpha value is -2.93. The van der Waals surface area contributed by atoms with Crippen LogP contribution < -0.4 is 10.2 Å². The highest BCUT2D eigenvalue weighted by atomic mass is 16.5. The summed E-state index contributed by atoms with van der Waals surface area (Å²) in [7, 11) is 0. The van der Waals surface area contributed by atoms with Crippen LogP contribution in [0.4, 0.5) is 11.5 Å². The highest BCUT2D eigenvalue weighted by Crippen LogP contribution is 2.22. The maximum absolute atomic E-state index is 13.0. The summed E-state index contributed by atoms with van der Waals surface area (Å²) in [5, 5.41) is 2.88. The maximum Gasteiger partial charge on any atom is 0.253 e. The maximum atomic E-state index is 13.0. The first-order valence-electron chi connectivity index (χ1n) is 10.6. The number of nitrogens with one attached hydrogen (secondary N) is 1. The van der Waals surface area contributed by atoms with Gasteiger partial charge in [-0.05, 0) is 55.7 Å². The second-order valence-electron chi connectivity index (χ2n) is 7.95.